The Morgan fingerprint density at radius 2 is 2.00 bits per heavy atom. The van der Waals surface area contributed by atoms with Crippen LogP contribution < -0.4 is 0 Å². The van der Waals surface area contributed by atoms with Crippen molar-refractivity contribution < 1.29 is 4.79 Å². The van der Waals surface area contributed by atoms with Crippen molar-refractivity contribution in [3.8, 4) is 0 Å². The lowest BCUT2D eigenvalue weighted by molar-refractivity contribution is 0.104. The van der Waals surface area contributed by atoms with Crippen LogP contribution >= 0.6 is 22.8 Å². The van der Waals surface area contributed by atoms with Crippen LogP contribution in [0.25, 0.3) is 0 Å². The second-order valence-electron chi connectivity index (χ2n) is 2.17. The van der Waals surface area contributed by atoms with Gasteiger partial charge in [-0.3, -0.25) is 4.79 Å². The van der Waals surface area contributed by atoms with Crippen LogP contribution in [0.3, 0.4) is 0 Å². The van der Waals surface area contributed by atoms with Gasteiger partial charge in [0.05, 0.1) is 0 Å². The zero-order valence-electron chi connectivity index (χ0n) is 6.33. The quantitative estimate of drug-likeness (QED) is 0.452. The standard InChI is InChI=1S/C9H8BrOP/c10-12-7-6-9(11)8-4-2-1-3-5-8/h1-7,12H/b7-6+. The van der Waals surface area contributed by atoms with E-state index in [0.717, 1.165) is 5.56 Å². The highest BCUT2D eigenvalue weighted by Crippen LogP contribution is 2.20. The molecule has 0 saturated heterocycles. The van der Waals surface area contributed by atoms with Crippen LogP contribution in [0.2, 0.25) is 0 Å². The van der Waals surface area contributed by atoms with Crippen molar-refractivity contribution in [3.05, 3.63) is 47.8 Å². The summed E-state index contributed by atoms with van der Waals surface area (Å²) in [5.41, 5.74) is 0.736. The maximum atomic E-state index is 11.3. The van der Waals surface area contributed by atoms with E-state index in [-0.39, 0.29) is 5.78 Å². The van der Waals surface area contributed by atoms with E-state index in [4.69, 9.17) is 0 Å². The molecule has 1 nitrogen and oxygen atoms in total. The maximum Gasteiger partial charge on any atom is 0.185 e. The lowest BCUT2D eigenvalue weighted by Gasteiger charge is -1.92. The molecule has 0 aliphatic heterocycles. The molecule has 0 heterocycles. The first kappa shape index (κ1) is 9.63. The minimum Gasteiger partial charge on any atom is -0.289 e. The molecule has 3 heteroatoms. The molecular formula is C9H8BrOP. The van der Waals surface area contributed by atoms with Gasteiger partial charge in [0, 0.05) is 5.56 Å². The predicted molar refractivity (Wildman–Crippen MR) is 57.2 cm³/mol. The van der Waals surface area contributed by atoms with Crippen molar-refractivity contribution in [1.29, 1.82) is 0 Å². The number of rotatable bonds is 3. The van der Waals surface area contributed by atoms with Crippen LogP contribution in [0.15, 0.2) is 42.2 Å². The van der Waals surface area contributed by atoms with Gasteiger partial charge in [0.1, 0.15) is 0 Å². The molecule has 0 radical (unpaired) electrons. The molecule has 1 aromatic carbocycles. The molecule has 1 unspecified atom stereocenters. The second kappa shape index (κ2) is 5.23. The molecule has 1 aromatic rings. The molecule has 0 amide bonds. The van der Waals surface area contributed by atoms with E-state index in [2.05, 4.69) is 15.5 Å². The summed E-state index contributed by atoms with van der Waals surface area (Å²) in [7, 11) is 0.507. The lowest BCUT2D eigenvalue weighted by atomic mass is 10.1. The Labute approximate surface area is 81.4 Å². The molecule has 62 valence electrons. The minimum atomic E-state index is 0.0579. The summed E-state index contributed by atoms with van der Waals surface area (Å²) < 4.78 is 0. The van der Waals surface area contributed by atoms with Crippen molar-refractivity contribution in [2.75, 3.05) is 0 Å². The molecule has 0 bridgehead atoms. The van der Waals surface area contributed by atoms with Crippen LogP contribution in [-0.4, -0.2) is 5.78 Å². The van der Waals surface area contributed by atoms with Gasteiger partial charge in [-0.1, -0.05) is 45.8 Å². The first-order valence-corrected chi connectivity index (χ1v) is 6.80. The third-order valence-electron chi connectivity index (χ3n) is 1.36. The minimum absolute atomic E-state index is 0.0579. The average molecular weight is 243 g/mol. The molecule has 12 heavy (non-hydrogen) atoms. The van der Waals surface area contributed by atoms with E-state index in [1.54, 1.807) is 6.08 Å². The largest absolute Gasteiger partial charge is 0.289 e. The number of benzene rings is 1. The normalized spacial score (nSPS) is 11.4. The van der Waals surface area contributed by atoms with Gasteiger partial charge in [-0.25, -0.2) is 0 Å². The van der Waals surface area contributed by atoms with Crippen molar-refractivity contribution in [2.45, 2.75) is 0 Å². The Morgan fingerprint density at radius 1 is 1.33 bits per heavy atom. The Balaban J connectivity index is 2.72. The van der Waals surface area contributed by atoms with Gasteiger partial charge in [-0.2, -0.15) is 0 Å². The van der Waals surface area contributed by atoms with E-state index >= 15 is 0 Å². The fraction of sp³-hybridized carbons (Fsp3) is 0. The summed E-state index contributed by atoms with van der Waals surface area (Å²) in [5, 5.41) is 0. The van der Waals surface area contributed by atoms with Gasteiger partial charge in [0.25, 0.3) is 0 Å². The van der Waals surface area contributed by atoms with Gasteiger partial charge >= 0.3 is 0 Å². The van der Waals surface area contributed by atoms with E-state index in [1.807, 2.05) is 36.1 Å². The summed E-state index contributed by atoms with van der Waals surface area (Å²) in [6, 6.07) is 9.23. The topological polar surface area (TPSA) is 17.1 Å². The molecule has 0 fully saturated rings. The van der Waals surface area contributed by atoms with Gasteiger partial charge in [-0.05, 0) is 19.2 Å². The van der Waals surface area contributed by atoms with Crippen molar-refractivity contribution in [2.24, 2.45) is 0 Å². The van der Waals surface area contributed by atoms with Crippen LogP contribution in [0, 0.1) is 0 Å². The fourth-order valence-corrected chi connectivity index (χ4v) is 1.42. The van der Waals surface area contributed by atoms with Crippen LogP contribution in [-0.2, 0) is 0 Å². The zero-order valence-corrected chi connectivity index (χ0v) is 8.91. The first-order chi connectivity index (χ1) is 5.84. The van der Waals surface area contributed by atoms with Crippen LogP contribution in [0.5, 0.6) is 0 Å². The summed E-state index contributed by atoms with van der Waals surface area (Å²) in [4.78, 5) is 11.3. The first-order valence-electron chi connectivity index (χ1n) is 3.46. The molecule has 0 aliphatic carbocycles. The van der Waals surface area contributed by atoms with Gasteiger partial charge in [-0.15, -0.1) is 0 Å². The third-order valence-corrected chi connectivity index (χ3v) is 2.44. The molecule has 0 aromatic heterocycles. The van der Waals surface area contributed by atoms with Crippen molar-refractivity contribution >= 4 is 28.6 Å². The van der Waals surface area contributed by atoms with Gasteiger partial charge in [0.2, 0.25) is 0 Å². The predicted octanol–water partition coefficient (Wildman–Crippen LogP) is 3.37. The van der Waals surface area contributed by atoms with Gasteiger partial charge in [0.15, 0.2) is 5.78 Å². The van der Waals surface area contributed by atoms with E-state index in [1.165, 1.54) is 0 Å². The number of halogens is 1. The highest BCUT2D eigenvalue weighted by molar-refractivity contribution is 9.37. The summed E-state index contributed by atoms with van der Waals surface area (Å²) in [6.07, 6.45) is 1.59. The third kappa shape index (κ3) is 2.88. The van der Waals surface area contributed by atoms with Crippen LogP contribution in [0.4, 0.5) is 0 Å². The Hall–Kier alpha value is -0.460. The number of hydrogen-bond donors (Lipinski definition) is 0. The highest BCUT2D eigenvalue weighted by atomic mass is 79.9. The number of carbonyl (C=O) groups is 1. The molecule has 0 aliphatic rings. The Kier molecular flexibility index (Phi) is 4.20. The monoisotopic (exact) mass is 242 g/mol. The fourth-order valence-electron chi connectivity index (χ4n) is 0.806. The summed E-state index contributed by atoms with van der Waals surface area (Å²) >= 11 is 3.24. The number of ketones is 1. The van der Waals surface area contributed by atoms with Crippen molar-refractivity contribution in [3.63, 3.8) is 0 Å². The second-order valence-corrected chi connectivity index (χ2v) is 4.10. The number of hydrogen-bond acceptors (Lipinski definition) is 1. The van der Waals surface area contributed by atoms with E-state index < -0.39 is 0 Å². The van der Waals surface area contributed by atoms with E-state index in [9.17, 15) is 4.79 Å². The Morgan fingerprint density at radius 3 is 2.58 bits per heavy atom. The van der Waals surface area contributed by atoms with Crippen LogP contribution in [0.1, 0.15) is 10.4 Å². The molecule has 1 rings (SSSR count). The maximum absolute atomic E-state index is 11.3. The summed E-state index contributed by atoms with van der Waals surface area (Å²) in [5.74, 6) is 1.87. The SMILES string of the molecule is O=C(/C=C/PBr)c1ccccc1. The Bertz CT molecular complexity index is 282. The van der Waals surface area contributed by atoms with E-state index in [0.29, 0.717) is 7.28 Å². The molecule has 0 saturated carbocycles. The van der Waals surface area contributed by atoms with Gasteiger partial charge < -0.3 is 0 Å². The summed E-state index contributed by atoms with van der Waals surface area (Å²) in [6.45, 7) is 0. The van der Waals surface area contributed by atoms with Crippen molar-refractivity contribution in [1.82, 2.24) is 0 Å². The lowest BCUT2D eigenvalue weighted by Crippen LogP contribution is -1.91. The molecule has 0 N–H and O–H groups in total. The smallest absolute Gasteiger partial charge is 0.185 e. The highest BCUT2D eigenvalue weighted by Gasteiger charge is 1.97. The molecule has 1 atom stereocenters. The number of allylic oxidation sites excluding steroid dienone is 1. The molecular weight excluding hydrogens is 235 g/mol. The number of carbonyl (C=O) groups excluding carboxylic acids is 1. The zero-order chi connectivity index (χ0) is 8.81. The average Bonchev–Trinajstić information content (AvgIpc) is 2.15. The molecule has 0 spiro atoms.